The molecule has 3 fully saturated rings. The summed E-state index contributed by atoms with van der Waals surface area (Å²) in [6.45, 7) is 8.15. The Morgan fingerprint density at radius 1 is 1.09 bits per heavy atom. The summed E-state index contributed by atoms with van der Waals surface area (Å²) >= 11 is 0. The van der Waals surface area contributed by atoms with Crippen molar-refractivity contribution in [2.45, 2.75) is 25.3 Å². The van der Waals surface area contributed by atoms with Crippen molar-refractivity contribution in [3.8, 4) is 0 Å². The second kappa shape index (κ2) is 7.00. The Hall–Kier alpha value is -0.420. The molecule has 1 N–H and O–H groups in total. The van der Waals surface area contributed by atoms with Crippen molar-refractivity contribution in [2.24, 2.45) is 23.7 Å². The van der Waals surface area contributed by atoms with Gasteiger partial charge < -0.3 is 14.8 Å². The predicted octanol–water partition coefficient (Wildman–Crippen LogP) is 1.53. The second-order valence-corrected chi connectivity index (χ2v) is 7.54. The lowest BCUT2D eigenvalue weighted by Gasteiger charge is -2.38. The maximum Gasteiger partial charge on any atom is 0.0594 e. The van der Waals surface area contributed by atoms with Crippen LogP contribution in [0.4, 0.5) is 0 Å². The lowest BCUT2D eigenvalue weighted by Crippen LogP contribution is -2.52. The molecule has 0 amide bonds. The van der Waals surface area contributed by atoms with E-state index in [1.807, 2.05) is 0 Å². The second-order valence-electron chi connectivity index (χ2n) is 7.54. The average Bonchev–Trinajstić information content (AvgIpc) is 3.30. The van der Waals surface area contributed by atoms with E-state index in [0.29, 0.717) is 12.0 Å². The molecule has 2 heterocycles. The molecule has 5 atom stereocenters. The molecule has 0 radical (unpaired) electrons. The van der Waals surface area contributed by atoms with Gasteiger partial charge in [0.25, 0.3) is 0 Å². The number of hydrogen-bond donors (Lipinski definition) is 1. The van der Waals surface area contributed by atoms with Crippen molar-refractivity contribution in [1.82, 2.24) is 10.2 Å². The van der Waals surface area contributed by atoms with Gasteiger partial charge >= 0.3 is 0 Å². The van der Waals surface area contributed by atoms with Gasteiger partial charge in [-0.25, -0.2) is 0 Å². The zero-order valence-corrected chi connectivity index (χ0v) is 13.6. The minimum Gasteiger partial charge on any atom is -0.381 e. The summed E-state index contributed by atoms with van der Waals surface area (Å²) in [5.74, 6) is 3.31. The Morgan fingerprint density at radius 2 is 2.00 bits per heavy atom. The highest BCUT2D eigenvalue weighted by Gasteiger charge is 2.36. The summed E-state index contributed by atoms with van der Waals surface area (Å²) in [6.07, 6.45) is 8.94. The van der Waals surface area contributed by atoms with Gasteiger partial charge in [0.15, 0.2) is 0 Å². The summed E-state index contributed by atoms with van der Waals surface area (Å²) in [5.41, 5.74) is 0. The van der Waals surface area contributed by atoms with Crippen LogP contribution in [-0.4, -0.2) is 63.5 Å². The van der Waals surface area contributed by atoms with Crippen LogP contribution >= 0.6 is 0 Å². The third-order valence-corrected chi connectivity index (χ3v) is 6.20. The minimum atomic E-state index is 0.625. The highest BCUT2D eigenvalue weighted by atomic mass is 16.5. The SMILES string of the molecule is C1=C[C@H]2C[C@H]1C[C@@H]2CNC[C@@H]([C@H]1CCOC1)N1CCOCC1. The Morgan fingerprint density at radius 3 is 2.68 bits per heavy atom. The molecule has 0 unspecified atom stereocenters. The first kappa shape index (κ1) is 15.1. The Balaban J connectivity index is 1.29. The first-order valence-corrected chi connectivity index (χ1v) is 9.19. The molecule has 2 bridgehead atoms. The molecule has 4 nitrogen and oxygen atoms in total. The van der Waals surface area contributed by atoms with Gasteiger partial charge in [-0.1, -0.05) is 12.2 Å². The van der Waals surface area contributed by atoms with Gasteiger partial charge in [0, 0.05) is 38.2 Å². The van der Waals surface area contributed by atoms with Crippen LogP contribution in [0, 0.1) is 23.7 Å². The third-order valence-electron chi connectivity index (χ3n) is 6.20. The van der Waals surface area contributed by atoms with E-state index in [2.05, 4.69) is 22.4 Å². The molecule has 4 rings (SSSR count). The van der Waals surface area contributed by atoms with Crippen molar-refractivity contribution in [3.63, 3.8) is 0 Å². The van der Waals surface area contributed by atoms with E-state index < -0.39 is 0 Å². The standard InChI is InChI=1S/C18H30N2O2/c1-2-15-9-14(1)10-17(15)11-19-12-18(16-3-6-22-13-16)20-4-7-21-8-5-20/h1-2,14-19H,3-13H2/t14-,15-,16-,17+,18-/m0/s1. The number of fused-ring (bicyclic) bond motifs is 2. The summed E-state index contributed by atoms with van der Waals surface area (Å²) in [4.78, 5) is 2.64. The lowest BCUT2D eigenvalue weighted by molar-refractivity contribution is 0.00122. The van der Waals surface area contributed by atoms with Gasteiger partial charge in [0.05, 0.1) is 19.8 Å². The monoisotopic (exact) mass is 306 g/mol. The third kappa shape index (κ3) is 3.25. The van der Waals surface area contributed by atoms with E-state index in [9.17, 15) is 0 Å². The summed E-state index contributed by atoms with van der Waals surface area (Å²) in [7, 11) is 0. The number of morpholine rings is 1. The molecule has 2 aliphatic heterocycles. The summed E-state index contributed by atoms with van der Waals surface area (Å²) < 4.78 is 11.2. The number of rotatable bonds is 6. The quantitative estimate of drug-likeness (QED) is 0.755. The molecule has 4 heteroatoms. The highest BCUT2D eigenvalue weighted by Crippen LogP contribution is 2.42. The minimum absolute atomic E-state index is 0.625. The van der Waals surface area contributed by atoms with Crippen molar-refractivity contribution in [2.75, 3.05) is 52.6 Å². The van der Waals surface area contributed by atoms with Crippen molar-refractivity contribution >= 4 is 0 Å². The van der Waals surface area contributed by atoms with Crippen molar-refractivity contribution in [3.05, 3.63) is 12.2 Å². The molecule has 0 spiro atoms. The van der Waals surface area contributed by atoms with E-state index in [0.717, 1.165) is 63.8 Å². The Labute approximate surface area is 134 Å². The average molecular weight is 306 g/mol. The van der Waals surface area contributed by atoms with Gasteiger partial charge in [0.2, 0.25) is 0 Å². The Bertz CT molecular complexity index is 389. The molecule has 0 aromatic rings. The fourth-order valence-corrected chi connectivity index (χ4v) is 4.91. The molecule has 2 saturated heterocycles. The van der Waals surface area contributed by atoms with Crippen molar-refractivity contribution in [1.29, 1.82) is 0 Å². The van der Waals surface area contributed by atoms with Crippen LogP contribution in [0.25, 0.3) is 0 Å². The smallest absolute Gasteiger partial charge is 0.0594 e. The Kier molecular flexibility index (Phi) is 4.81. The van der Waals surface area contributed by atoms with E-state index in [1.165, 1.54) is 25.8 Å². The fourth-order valence-electron chi connectivity index (χ4n) is 4.91. The van der Waals surface area contributed by atoms with Crippen molar-refractivity contribution < 1.29 is 9.47 Å². The number of hydrogen-bond acceptors (Lipinski definition) is 4. The van der Waals surface area contributed by atoms with Gasteiger partial charge in [-0.3, -0.25) is 4.90 Å². The van der Waals surface area contributed by atoms with Crippen LogP contribution in [0.2, 0.25) is 0 Å². The largest absolute Gasteiger partial charge is 0.381 e. The number of allylic oxidation sites excluding steroid dienone is 2. The van der Waals surface area contributed by atoms with E-state index in [4.69, 9.17) is 9.47 Å². The highest BCUT2D eigenvalue weighted by molar-refractivity contribution is 5.10. The maximum atomic E-state index is 5.65. The molecular weight excluding hydrogens is 276 g/mol. The van der Waals surface area contributed by atoms with E-state index >= 15 is 0 Å². The van der Waals surface area contributed by atoms with E-state index in [-0.39, 0.29) is 0 Å². The van der Waals surface area contributed by atoms with Gasteiger partial charge in [-0.05, 0) is 43.6 Å². The summed E-state index contributed by atoms with van der Waals surface area (Å²) in [5, 5.41) is 3.81. The zero-order chi connectivity index (χ0) is 14.8. The number of ether oxygens (including phenoxy) is 2. The molecule has 0 aromatic carbocycles. The normalized spacial score (nSPS) is 39.6. The topological polar surface area (TPSA) is 33.7 Å². The summed E-state index contributed by atoms with van der Waals surface area (Å²) in [6, 6.07) is 0.625. The van der Waals surface area contributed by atoms with Crippen LogP contribution in [-0.2, 0) is 9.47 Å². The molecule has 0 aromatic heterocycles. The van der Waals surface area contributed by atoms with Gasteiger partial charge in [-0.15, -0.1) is 0 Å². The van der Waals surface area contributed by atoms with Crippen LogP contribution < -0.4 is 5.32 Å². The zero-order valence-electron chi connectivity index (χ0n) is 13.6. The molecule has 4 aliphatic rings. The van der Waals surface area contributed by atoms with Gasteiger partial charge in [-0.2, -0.15) is 0 Å². The fraction of sp³-hybridized carbons (Fsp3) is 0.889. The molecule has 2 aliphatic carbocycles. The predicted molar refractivity (Wildman–Crippen MR) is 86.8 cm³/mol. The van der Waals surface area contributed by atoms with Crippen LogP contribution in [0.5, 0.6) is 0 Å². The molecule has 1 saturated carbocycles. The first-order chi connectivity index (χ1) is 10.9. The lowest BCUT2D eigenvalue weighted by atomic mass is 9.93. The molecule has 22 heavy (non-hydrogen) atoms. The molecular formula is C18H30N2O2. The maximum absolute atomic E-state index is 5.65. The van der Waals surface area contributed by atoms with Crippen LogP contribution in [0.15, 0.2) is 12.2 Å². The van der Waals surface area contributed by atoms with Crippen LogP contribution in [0.1, 0.15) is 19.3 Å². The molecule has 124 valence electrons. The number of nitrogens with zero attached hydrogens (tertiary/aromatic N) is 1. The first-order valence-electron chi connectivity index (χ1n) is 9.19. The van der Waals surface area contributed by atoms with Crippen LogP contribution in [0.3, 0.4) is 0 Å². The van der Waals surface area contributed by atoms with Gasteiger partial charge in [0.1, 0.15) is 0 Å². The number of nitrogens with one attached hydrogen (secondary N) is 1. The van der Waals surface area contributed by atoms with E-state index in [1.54, 1.807) is 0 Å².